The van der Waals surface area contributed by atoms with Gasteiger partial charge in [-0.1, -0.05) is 0 Å². The normalized spacial score (nSPS) is 14.5. The molecular formula is C6H10N2O4Se2. The maximum atomic E-state index is 11.2. The van der Waals surface area contributed by atoms with E-state index in [-0.39, 0.29) is 0 Å². The van der Waals surface area contributed by atoms with Crippen molar-refractivity contribution >= 4 is 38.4 Å². The molecule has 0 atom stereocenters. The summed E-state index contributed by atoms with van der Waals surface area (Å²) in [6, 6.07) is 0. The van der Waals surface area contributed by atoms with Crippen molar-refractivity contribution in [2.75, 3.05) is 21.1 Å². The van der Waals surface area contributed by atoms with Crippen LogP contribution < -0.4 is 0 Å². The van der Waals surface area contributed by atoms with Gasteiger partial charge in [0.05, 0.1) is 0 Å². The minimum atomic E-state index is -0.696. The number of hydrogen-bond donors (Lipinski definition) is 0. The molecule has 1 rings (SSSR count). The molecule has 2 amide bonds. The van der Waals surface area contributed by atoms with Crippen molar-refractivity contribution in [2.45, 2.75) is 3.84 Å². The Balaban J connectivity index is 2.23. The minimum absolute atomic E-state index is 0.362. The first-order chi connectivity index (χ1) is 6.52. The molecular weight excluding hydrogens is 322 g/mol. The van der Waals surface area contributed by atoms with Crippen molar-refractivity contribution in [3.63, 3.8) is 0 Å². The van der Waals surface area contributed by atoms with Gasteiger partial charge >= 0.3 is 92.6 Å². The van der Waals surface area contributed by atoms with E-state index in [2.05, 4.69) is 9.78 Å². The Labute approximate surface area is 92.7 Å². The summed E-state index contributed by atoms with van der Waals surface area (Å²) >= 11 is 1.12. The van der Waals surface area contributed by atoms with Crippen molar-refractivity contribution in [3.05, 3.63) is 0 Å². The van der Waals surface area contributed by atoms with Crippen LogP contribution >= 0.6 is 0 Å². The van der Waals surface area contributed by atoms with Gasteiger partial charge in [-0.15, -0.1) is 0 Å². The molecule has 14 heavy (non-hydrogen) atoms. The van der Waals surface area contributed by atoms with Crippen LogP contribution in [0, 0.1) is 0 Å². The van der Waals surface area contributed by atoms with Gasteiger partial charge in [0.2, 0.25) is 0 Å². The van der Waals surface area contributed by atoms with Crippen molar-refractivity contribution in [1.29, 1.82) is 0 Å². The van der Waals surface area contributed by atoms with E-state index in [0.717, 1.165) is 0 Å². The molecule has 8 heteroatoms. The molecule has 80 valence electrons. The summed E-state index contributed by atoms with van der Waals surface area (Å²) in [7, 11) is 4.66. The predicted octanol–water partition coefficient (Wildman–Crippen LogP) is -0.711. The predicted molar refractivity (Wildman–Crippen MR) is 49.7 cm³/mol. The van der Waals surface area contributed by atoms with Crippen LogP contribution in [-0.4, -0.2) is 73.2 Å². The fourth-order valence-corrected chi connectivity index (χ4v) is 4.81. The Kier molecular flexibility index (Phi) is 4.07. The van der Waals surface area contributed by atoms with Crippen LogP contribution in [0.5, 0.6) is 0 Å². The molecule has 1 aliphatic heterocycles. The first-order valence-electron chi connectivity index (χ1n) is 3.67. The SMILES string of the molecule is CN(C)C(=O)OOC(=O)N(C)C1[Se][Se]1. The summed E-state index contributed by atoms with van der Waals surface area (Å²) in [4.78, 5) is 33.3. The van der Waals surface area contributed by atoms with Crippen LogP contribution in [0.2, 0.25) is 0 Å². The molecule has 6 nitrogen and oxygen atoms in total. The molecule has 0 bridgehead atoms. The van der Waals surface area contributed by atoms with Crippen molar-refractivity contribution in [2.24, 2.45) is 0 Å². The van der Waals surface area contributed by atoms with Crippen LogP contribution in [0.3, 0.4) is 0 Å². The van der Waals surface area contributed by atoms with Crippen LogP contribution in [0.1, 0.15) is 0 Å². The zero-order chi connectivity index (χ0) is 10.7. The number of hydrogen-bond acceptors (Lipinski definition) is 4. The molecule has 1 saturated heterocycles. The molecule has 1 heterocycles. The summed E-state index contributed by atoms with van der Waals surface area (Å²) in [6.07, 6.45) is -1.30. The summed E-state index contributed by atoms with van der Waals surface area (Å²) in [6.45, 7) is 0. The Morgan fingerprint density at radius 1 is 1.07 bits per heavy atom. The quantitative estimate of drug-likeness (QED) is 0.362. The van der Waals surface area contributed by atoms with Crippen molar-refractivity contribution < 1.29 is 19.4 Å². The van der Waals surface area contributed by atoms with Crippen LogP contribution in [0.25, 0.3) is 0 Å². The number of nitrogens with zero attached hydrogens (tertiary/aromatic N) is 2. The molecule has 0 aromatic heterocycles. The molecule has 1 fully saturated rings. The van der Waals surface area contributed by atoms with Gasteiger partial charge in [0.25, 0.3) is 0 Å². The third-order valence-electron chi connectivity index (χ3n) is 1.34. The Hall–Kier alpha value is -0.421. The fraction of sp³-hybridized carbons (Fsp3) is 0.667. The van der Waals surface area contributed by atoms with Gasteiger partial charge in [0.1, 0.15) is 0 Å². The first kappa shape index (κ1) is 11.7. The number of rotatable bonds is 1. The molecule has 0 aromatic carbocycles. The second kappa shape index (κ2) is 4.89. The monoisotopic (exact) mass is 334 g/mol. The number of carbonyl (C=O) groups is 2. The summed E-state index contributed by atoms with van der Waals surface area (Å²) in [5, 5.41) is 0. The van der Waals surface area contributed by atoms with Gasteiger partial charge in [0.15, 0.2) is 0 Å². The standard InChI is InChI=1S/C6H10N2O4Se2/c1-7(2)4(9)11-12-5(10)8(3)6-13-14-6/h6H,1-3H3. The van der Waals surface area contributed by atoms with E-state index in [1.165, 1.54) is 23.9 Å². The van der Waals surface area contributed by atoms with Gasteiger partial charge in [-0.05, 0) is 0 Å². The molecule has 0 saturated carbocycles. The molecule has 0 N–H and O–H groups in total. The zero-order valence-electron chi connectivity index (χ0n) is 7.92. The molecule has 0 unspecified atom stereocenters. The molecule has 0 aromatic rings. The van der Waals surface area contributed by atoms with Crippen LogP contribution in [0.4, 0.5) is 9.59 Å². The zero-order valence-corrected chi connectivity index (χ0v) is 11.3. The third-order valence-corrected chi connectivity index (χ3v) is 7.40. The van der Waals surface area contributed by atoms with Gasteiger partial charge in [0, 0.05) is 0 Å². The van der Waals surface area contributed by atoms with E-state index >= 15 is 0 Å². The van der Waals surface area contributed by atoms with E-state index in [1.807, 2.05) is 0 Å². The molecule has 0 radical (unpaired) electrons. The average molecular weight is 332 g/mol. The van der Waals surface area contributed by atoms with E-state index in [1.54, 1.807) is 7.05 Å². The second-order valence-corrected chi connectivity index (χ2v) is 11.1. The van der Waals surface area contributed by atoms with E-state index in [0.29, 0.717) is 30.1 Å². The molecule has 0 spiro atoms. The van der Waals surface area contributed by atoms with Gasteiger partial charge in [-0.2, -0.15) is 0 Å². The third kappa shape index (κ3) is 3.38. The Bertz CT molecular complexity index is 244. The van der Waals surface area contributed by atoms with Crippen LogP contribution in [0.15, 0.2) is 0 Å². The van der Waals surface area contributed by atoms with Gasteiger partial charge in [-0.3, -0.25) is 0 Å². The summed E-state index contributed by atoms with van der Waals surface area (Å²) < 4.78 is 0.362. The Morgan fingerprint density at radius 3 is 2.00 bits per heavy atom. The van der Waals surface area contributed by atoms with Crippen molar-refractivity contribution in [1.82, 2.24) is 9.80 Å². The Morgan fingerprint density at radius 2 is 1.57 bits per heavy atom. The van der Waals surface area contributed by atoms with E-state index in [4.69, 9.17) is 0 Å². The van der Waals surface area contributed by atoms with E-state index in [9.17, 15) is 9.59 Å². The summed E-state index contributed by atoms with van der Waals surface area (Å²) in [5.41, 5.74) is 0. The average Bonchev–Trinajstić information content (AvgIpc) is 2.95. The molecule has 1 aliphatic rings. The second-order valence-electron chi connectivity index (χ2n) is 2.70. The van der Waals surface area contributed by atoms with Crippen LogP contribution in [-0.2, 0) is 9.78 Å². The van der Waals surface area contributed by atoms with Gasteiger partial charge < -0.3 is 0 Å². The van der Waals surface area contributed by atoms with E-state index < -0.39 is 12.2 Å². The summed E-state index contributed by atoms with van der Waals surface area (Å²) in [5.74, 6) is 0. The maximum absolute atomic E-state index is 11.2. The topological polar surface area (TPSA) is 59.1 Å². The molecule has 0 aliphatic carbocycles. The van der Waals surface area contributed by atoms with Gasteiger partial charge in [-0.25, -0.2) is 0 Å². The number of amides is 2. The number of carbonyl (C=O) groups excluding carboxylic acids is 2. The first-order valence-corrected chi connectivity index (χ1v) is 9.98. The van der Waals surface area contributed by atoms with Crippen molar-refractivity contribution in [3.8, 4) is 0 Å². The fourth-order valence-electron chi connectivity index (χ4n) is 0.445.